The van der Waals surface area contributed by atoms with Crippen LogP contribution in [0.3, 0.4) is 0 Å². The zero-order valence-electron chi connectivity index (χ0n) is 19.7. The number of hydrogen-bond acceptors (Lipinski definition) is 6. The largest absolute Gasteiger partial charge is 0.507 e. The first-order valence-corrected chi connectivity index (χ1v) is 10.7. The lowest BCUT2D eigenvalue weighted by Crippen LogP contribution is -2.18. The molecule has 2 heterocycles. The Kier molecular flexibility index (Phi) is 5.15. The van der Waals surface area contributed by atoms with Gasteiger partial charge in [-0.25, -0.2) is 5.43 Å². The van der Waals surface area contributed by atoms with Crippen molar-refractivity contribution in [3.63, 3.8) is 0 Å². The van der Waals surface area contributed by atoms with Crippen LogP contribution >= 0.6 is 0 Å². The zero-order valence-corrected chi connectivity index (χ0v) is 19.7. The van der Waals surface area contributed by atoms with E-state index in [9.17, 15) is 5.11 Å². The third-order valence-corrected chi connectivity index (χ3v) is 5.63. The maximum atomic E-state index is 10.9. The number of aromatic hydroxyl groups is 1. The lowest BCUT2D eigenvalue weighted by molar-refractivity contribution is 0.423. The minimum Gasteiger partial charge on any atom is -0.507 e. The van der Waals surface area contributed by atoms with Crippen LogP contribution in [0.4, 0.5) is 5.95 Å². The average molecular weight is 431 g/mol. The van der Waals surface area contributed by atoms with Gasteiger partial charge >= 0.3 is 0 Å². The van der Waals surface area contributed by atoms with Crippen LogP contribution in [0.5, 0.6) is 5.75 Å². The molecule has 0 saturated carbocycles. The summed E-state index contributed by atoms with van der Waals surface area (Å²) in [5.41, 5.74) is 7.73. The predicted molar refractivity (Wildman–Crippen MR) is 131 cm³/mol. The number of phenols is 1. The van der Waals surface area contributed by atoms with Crippen LogP contribution in [0.25, 0.3) is 22.1 Å². The van der Waals surface area contributed by atoms with Crippen LogP contribution in [-0.2, 0) is 17.9 Å². The Labute approximate surface area is 188 Å². The van der Waals surface area contributed by atoms with Gasteiger partial charge in [-0.1, -0.05) is 59.7 Å². The number of fused-ring (bicyclic) bond motifs is 3. The van der Waals surface area contributed by atoms with Crippen LogP contribution < -0.4 is 5.43 Å². The second kappa shape index (κ2) is 7.58. The minimum atomic E-state index is -0.200. The highest BCUT2D eigenvalue weighted by Gasteiger charge is 2.26. The summed E-state index contributed by atoms with van der Waals surface area (Å²) in [6.45, 7) is 12.5. The van der Waals surface area contributed by atoms with Crippen molar-refractivity contribution in [1.29, 1.82) is 0 Å². The van der Waals surface area contributed by atoms with Gasteiger partial charge in [0.1, 0.15) is 11.3 Å². The number of aromatic nitrogens is 4. The van der Waals surface area contributed by atoms with E-state index in [4.69, 9.17) is 0 Å². The standard InChI is InChI=1S/C25H30N6O/c1-24(2,3)17-12-15(13-18(21(17)32)25(4,5)6)14-26-29-23-27-22-20(28-30-23)16-10-8-9-11-19(16)31(22)7/h8-14,32H,1-7H3,(H,27,29,30)/b26-14-. The Morgan fingerprint density at radius 2 is 1.59 bits per heavy atom. The van der Waals surface area contributed by atoms with E-state index in [2.05, 4.69) is 67.3 Å². The highest BCUT2D eigenvalue weighted by Crippen LogP contribution is 2.39. The van der Waals surface area contributed by atoms with Gasteiger partial charge in [0.25, 0.3) is 5.95 Å². The lowest BCUT2D eigenvalue weighted by Gasteiger charge is -2.27. The number of para-hydroxylation sites is 1. The molecule has 7 nitrogen and oxygen atoms in total. The van der Waals surface area contributed by atoms with Crippen LogP contribution in [0.2, 0.25) is 0 Å². The molecule has 0 amide bonds. The predicted octanol–water partition coefficient (Wildman–Crippen LogP) is 5.26. The summed E-state index contributed by atoms with van der Waals surface area (Å²) in [4.78, 5) is 4.60. The molecule has 0 aliphatic heterocycles. The zero-order chi connectivity index (χ0) is 23.3. The molecule has 7 heteroatoms. The molecule has 2 aromatic carbocycles. The number of nitrogens with zero attached hydrogens (tertiary/aromatic N) is 5. The molecule has 4 rings (SSSR count). The Hall–Kier alpha value is -3.48. The lowest BCUT2D eigenvalue weighted by atomic mass is 9.78. The number of benzene rings is 2. The molecule has 0 radical (unpaired) electrons. The first-order valence-electron chi connectivity index (χ1n) is 10.7. The van der Waals surface area contributed by atoms with Crippen LogP contribution in [0, 0.1) is 0 Å². The van der Waals surface area contributed by atoms with Crippen molar-refractivity contribution < 1.29 is 5.11 Å². The van der Waals surface area contributed by atoms with Gasteiger partial charge in [-0.3, -0.25) is 0 Å². The number of anilines is 1. The molecular formula is C25H30N6O. The SMILES string of the molecule is Cn1c2ccccc2c2nnc(N/N=C\c3cc(C(C)(C)C)c(O)c(C(C)(C)C)c3)nc21. The summed E-state index contributed by atoms with van der Waals surface area (Å²) in [6, 6.07) is 12.0. The topological polar surface area (TPSA) is 88.2 Å². The summed E-state index contributed by atoms with van der Waals surface area (Å²) in [5.74, 6) is 0.675. The Balaban J connectivity index is 1.67. The number of hydrogen-bond donors (Lipinski definition) is 2. The van der Waals surface area contributed by atoms with Crippen molar-refractivity contribution in [3.8, 4) is 5.75 Å². The molecule has 0 atom stereocenters. The van der Waals surface area contributed by atoms with Gasteiger partial charge < -0.3 is 9.67 Å². The molecule has 0 unspecified atom stereocenters. The van der Waals surface area contributed by atoms with E-state index < -0.39 is 0 Å². The smallest absolute Gasteiger partial charge is 0.265 e. The van der Waals surface area contributed by atoms with Crippen molar-refractivity contribution in [2.45, 2.75) is 52.4 Å². The second-order valence-electron chi connectivity index (χ2n) is 10.2. The molecule has 4 aromatic rings. The second-order valence-corrected chi connectivity index (χ2v) is 10.2. The highest BCUT2D eigenvalue weighted by molar-refractivity contribution is 6.04. The molecule has 0 aliphatic rings. The van der Waals surface area contributed by atoms with Gasteiger partial charge in [-0.05, 0) is 34.6 Å². The summed E-state index contributed by atoms with van der Waals surface area (Å²) in [7, 11) is 1.96. The van der Waals surface area contributed by atoms with E-state index >= 15 is 0 Å². The minimum absolute atomic E-state index is 0.200. The highest BCUT2D eigenvalue weighted by atomic mass is 16.3. The van der Waals surface area contributed by atoms with Crippen LogP contribution in [0.15, 0.2) is 41.5 Å². The molecule has 0 fully saturated rings. The van der Waals surface area contributed by atoms with Crippen molar-refractivity contribution in [2.75, 3.05) is 5.43 Å². The van der Waals surface area contributed by atoms with Crippen molar-refractivity contribution in [1.82, 2.24) is 19.7 Å². The van der Waals surface area contributed by atoms with Crippen molar-refractivity contribution in [3.05, 3.63) is 53.1 Å². The van der Waals surface area contributed by atoms with Crippen molar-refractivity contribution >= 4 is 34.2 Å². The molecule has 32 heavy (non-hydrogen) atoms. The molecule has 0 bridgehead atoms. The maximum absolute atomic E-state index is 10.9. The number of aryl methyl sites for hydroxylation is 1. The van der Waals surface area contributed by atoms with E-state index in [-0.39, 0.29) is 10.8 Å². The Morgan fingerprint density at radius 3 is 2.22 bits per heavy atom. The molecular weight excluding hydrogens is 400 g/mol. The number of phenolic OH excluding ortho intramolecular Hbond substituents is 1. The van der Waals surface area contributed by atoms with E-state index in [1.807, 2.05) is 48.0 Å². The molecule has 2 N–H and O–H groups in total. The molecule has 0 spiro atoms. The third-order valence-electron chi connectivity index (χ3n) is 5.63. The third kappa shape index (κ3) is 3.90. The maximum Gasteiger partial charge on any atom is 0.265 e. The first kappa shape index (κ1) is 21.7. The molecule has 166 valence electrons. The van der Waals surface area contributed by atoms with Gasteiger partial charge in [0, 0.05) is 23.6 Å². The van der Waals surface area contributed by atoms with Crippen LogP contribution in [-0.4, -0.2) is 31.1 Å². The number of nitrogens with one attached hydrogen (secondary N) is 1. The molecule has 0 saturated heterocycles. The summed E-state index contributed by atoms with van der Waals surface area (Å²) < 4.78 is 2.00. The fraction of sp³-hybridized carbons (Fsp3) is 0.360. The Bertz CT molecular complexity index is 1300. The van der Waals surface area contributed by atoms with Crippen molar-refractivity contribution in [2.24, 2.45) is 12.1 Å². The monoisotopic (exact) mass is 430 g/mol. The van der Waals surface area contributed by atoms with E-state index in [0.29, 0.717) is 11.7 Å². The Morgan fingerprint density at radius 1 is 0.969 bits per heavy atom. The first-order chi connectivity index (χ1) is 15.0. The van der Waals surface area contributed by atoms with Crippen LogP contribution in [0.1, 0.15) is 58.2 Å². The number of rotatable bonds is 3. The van der Waals surface area contributed by atoms with Gasteiger partial charge in [-0.15, -0.1) is 10.2 Å². The van der Waals surface area contributed by atoms with E-state index in [0.717, 1.165) is 38.8 Å². The number of hydrazone groups is 1. The normalized spacial score (nSPS) is 12.8. The molecule has 2 aromatic heterocycles. The van der Waals surface area contributed by atoms with Gasteiger partial charge in [-0.2, -0.15) is 10.1 Å². The van der Waals surface area contributed by atoms with Gasteiger partial charge in [0.05, 0.1) is 11.7 Å². The summed E-state index contributed by atoms with van der Waals surface area (Å²) in [5, 5.41) is 24.8. The quantitative estimate of drug-likeness (QED) is 0.342. The summed E-state index contributed by atoms with van der Waals surface area (Å²) >= 11 is 0. The fourth-order valence-corrected chi connectivity index (χ4v) is 3.89. The molecule has 0 aliphatic carbocycles. The average Bonchev–Trinajstić information content (AvgIpc) is 2.99. The van der Waals surface area contributed by atoms with Gasteiger partial charge in [0.2, 0.25) is 0 Å². The fourth-order valence-electron chi connectivity index (χ4n) is 3.89. The van der Waals surface area contributed by atoms with Gasteiger partial charge in [0.15, 0.2) is 5.65 Å². The van der Waals surface area contributed by atoms with E-state index in [1.165, 1.54) is 0 Å². The summed E-state index contributed by atoms with van der Waals surface area (Å²) in [6.07, 6.45) is 1.72. The van der Waals surface area contributed by atoms with E-state index in [1.54, 1.807) is 6.21 Å².